The molecule has 2 aliphatic rings. The molecule has 2 fully saturated rings. The fourth-order valence-corrected chi connectivity index (χ4v) is 4.89. The summed E-state index contributed by atoms with van der Waals surface area (Å²) in [6, 6.07) is 22.0. The van der Waals surface area contributed by atoms with Crippen molar-refractivity contribution in [1.82, 2.24) is 4.90 Å². The lowest BCUT2D eigenvalue weighted by Crippen LogP contribution is -2.33. The summed E-state index contributed by atoms with van der Waals surface area (Å²) >= 11 is 0. The molecule has 1 heterocycles. The SMILES string of the molecule is C/N=C1\C(=C(/C)N)N(c2ccc(Oc3ccccc3)cc2)C(=O)N1c1cc(NC(=O)/C=C/CN(C)C2CC2)cc(OC)c1. The number of hydrogen-bond donors (Lipinski definition) is 2. The van der Waals surface area contributed by atoms with Gasteiger partial charge in [0.05, 0.1) is 18.5 Å². The standard InChI is InChI=1S/C33H36N6O4/c1-22(34)31-32(35-2)39(33(41)38(31)25-14-16-28(17-15-25)43-27-9-6-5-7-10-27)26-19-23(20-29(21-26)42-4)36-30(40)11-8-18-37(3)24-12-13-24/h5-11,14-17,19-21,24H,12-13,18,34H2,1-4H3,(H,36,40)/b11-8+,31-22-,35-32+. The van der Waals surface area contributed by atoms with Crippen molar-refractivity contribution in [2.45, 2.75) is 25.8 Å². The largest absolute Gasteiger partial charge is 0.497 e. The number of rotatable bonds is 10. The lowest BCUT2D eigenvalue weighted by Gasteiger charge is -2.19. The monoisotopic (exact) mass is 580 g/mol. The minimum absolute atomic E-state index is 0.279. The van der Waals surface area contributed by atoms with Gasteiger partial charge < -0.3 is 20.5 Å². The van der Waals surface area contributed by atoms with Gasteiger partial charge in [-0.3, -0.25) is 19.6 Å². The van der Waals surface area contributed by atoms with Crippen LogP contribution in [-0.4, -0.2) is 56.5 Å². The second kappa shape index (κ2) is 12.8. The Morgan fingerprint density at radius 1 is 1.02 bits per heavy atom. The van der Waals surface area contributed by atoms with Crippen molar-refractivity contribution < 1.29 is 19.1 Å². The van der Waals surface area contributed by atoms with Crippen molar-refractivity contribution in [1.29, 1.82) is 0 Å². The Bertz CT molecular complexity index is 1570. The molecule has 1 saturated heterocycles. The van der Waals surface area contributed by atoms with E-state index in [1.807, 2.05) is 36.4 Å². The van der Waals surface area contributed by atoms with Gasteiger partial charge in [0.15, 0.2) is 5.84 Å². The van der Waals surface area contributed by atoms with Gasteiger partial charge in [-0.2, -0.15) is 0 Å². The predicted octanol–water partition coefficient (Wildman–Crippen LogP) is 5.74. The highest BCUT2D eigenvalue weighted by Crippen LogP contribution is 2.37. The van der Waals surface area contributed by atoms with Crippen LogP contribution in [0.25, 0.3) is 0 Å². The zero-order valence-electron chi connectivity index (χ0n) is 24.8. The third-order valence-corrected chi connectivity index (χ3v) is 7.17. The minimum atomic E-state index is -0.384. The average molecular weight is 581 g/mol. The predicted molar refractivity (Wildman–Crippen MR) is 170 cm³/mol. The second-order valence-corrected chi connectivity index (χ2v) is 10.4. The van der Waals surface area contributed by atoms with E-state index in [1.165, 1.54) is 35.8 Å². The maximum atomic E-state index is 14.1. The number of likely N-dealkylation sites (N-methyl/N-ethyl adjacent to an activating group) is 1. The molecule has 222 valence electrons. The van der Waals surface area contributed by atoms with Crippen molar-refractivity contribution >= 4 is 34.8 Å². The molecule has 1 aliphatic heterocycles. The van der Waals surface area contributed by atoms with Gasteiger partial charge in [-0.1, -0.05) is 24.3 Å². The first-order valence-electron chi connectivity index (χ1n) is 14.1. The molecule has 0 radical (unpaired) electrons. The Kier molecular flexibility index (Phi) is 8.77. The number of amides is 3. The summed E-state index contributed by atoms with van der Waals surface area (Å²) in [5.74, 6) is 1.88. The Hall–Kier alpha value is -5.09. The number of para-hydroxylation sites is 1. The number of allylic oxidation sites excluding steroid dienone is 1. The molecule has 0 bridgehead atoms. The molecule has 0 atom stereocenters. The number of nitrogens with one attached hydrogen (secondary N) is 1. The first-order valence-corrected chi connectivity index (χ1v) is 14.1. The van der Waals surface area contributed by atoms with Crippen molar-refractivity contribution in [2.75, 3.05) is 42.9 Å². The molecule has 1 aliphatic carbocycles. The molecule has 43 heavy (non-hydrogen) atoms. The van der Waals surface area contributed by atoms with Crippen LogP contribution in [-0.2, 0) is 4.79 Å². The molecule has 3 aromatic carbocycles. The van der Waals surface area contributed by atoms with E-state index in [0.29, 0.717) is 64.1 Å². The third-order valence-electron chi connectivity index (χ3n) is 7.17. The van der Waals surface area contributed by atoms with Crippen LogP contribution in [0.4, 0.5) is 21.9 Å². The van der Waals surface area contributed by atoms with Crippen molar-refractivity contribution in [3.8, 4) is 17.2 Å². The summed E-state index contributed by atoms with van der Waals surface area (Å²) in [6.45, 7) is 2.42. The highest BCUT2D eigenvalue weighted by Gasteiger charge is 2.42. The first-order chi connectivity index (χ1) is 20.8. The van der Waals surface area contributed by atoms with E-state index < -0.39 is 0 Å². The molecule has 1 saturated carbocycles. The molecule has 3 N–H and O–H groups in total. The van der Waals surface area contributed by atoms with Gasteiger partial charge in [0.1, 0.15) is 22.9 Å². The van der Waals surface area contributed by atoms with Crippen molar-refractivity contribution in [3.05, 3.63) is 96.3 Å². The quantitative estimate of drug-likeness (QED) is 0.296. The van der Waals surface area contributed by atoms with Gasteiger partial charge in [-0.05, 0) is 69.3 Å². The zero-order chi connectivity index (χ0) is 30.5. The van der Waals surface area contributed by atoms with Crippen LogP contribution in [0.15, 0.2) is 101 Å². The number of methoxy groups -OCH3 is 1. The van der Waals surface area contributed by atoms with Crippen LogP contribution in [0.5, 0.6) is 17.2 Å². The van der Waals surface area contributed by atoms with E-state index >= 15 is 0 Å². The molecule has 0 spiro atoms. The van der Waals surface area contributed by atoms with Crippen LogP contribution in [0, 0.1) is 0 Å². The highest BCUT2D eigenvalue weighted by atomic mass is 16.5. The van der Waals surface area contributed by atoms with Crippen molar-refractivity contribution in [3.63, 3.8) is 0 Å². The Labute approximate surface area is 251 Å². The minimum Gasteiger partial charge on any atom is -0.497 e. The number of hydrogen-bond acceptors (Lipinski definition) is 7. The number of carbonyl (C=O) groups is 2. The highest BCUT2D eigenvalue weighted by molar-refractivity contribution is 6.36. The summed E-state index contributed by atoms with van der Waals surface area (Å²) in [7, 11) is 5.18. The van der Waals surface area contributed by atoms with Gasteiger partial charge in [0.2, 0.25) is 5.91 Å². The van der Waals surface area contributed by atoms with Crippen LogP contribution < -0.4 is 30.3 Å². The second-order valence-electron chi connectivity index (χ2n) is 10.4. The number of aliphatic imine (C=N–C) groups is 1. The fraction of sp³-hybridized carbons (Fsp3) is 0.242. The molecular formula is C33H36N6O4. The van der Waals surface area contributed by atoms with Gasteiger partial charge in [0, 0.05) is 49.2 Å². The lowest BCUT2D eigenvalue weighted by molar-refractivity contribution is -0.111. The smallest absolute Gasteiger partial charge is 0.339 e. The van der Waals surface area contributed by atoms with Crippen molar-refractivity contribution in [2.24, 2.45) is 10.7 Å². The van der Waals surface area contributed by atoms with Gasteiger partial charge in [-0.25, -0.2) is 9.69 Å². The maximum absolute atomic E-state index is 14.1. The van der Waals surface area contributed by atoms with E-state index in [1.54, 1.807) is 56.4 Å². The number of nitrogens with zero attached hydrogens (tertiary/aromatic N) is 4. The molecule has 10 nitrogen and oxygen atoms in total. The summed E-state index contributed by atoms with van der Waals surface area (Å²) in [4.78, 5) is 36.4. The van der Waals surface area contributed by atoms with Gasteiger partial charge in [-0.15, -0.1) is 0 Å². The van der Waals surface area contributed by atoms with E-state index in [0.717, 1.165) is 0 Å². The Morgan fingerprint density at radius 2 is 1.72 bits per heavy atom. The number of anilines is 3. The normalized spacial score (nSPS) is 17.2. The van der Waals surface area contributed by atoms with Crippen LogP contribution in [0.1, 0.15) is 19.8 Å². The van der Waals surface area contributed by atoms with Crippen LogP contribution >= 0.6 is 0 Å². The van der Waals surface area contributed by atoms with Crippen LogP contribution in [0.3, 0.4) is 0 Å². The molecule has 0 unspecified atom stereocenters. The summed E-state index contributed by atoms with van der Waals surface area (Å²) in [5, 5.41) is 2.88. The first kappa shape index (κ1) is 29.4. The Morgan fingerprint density at radius 3 is 2.35 bits per heavy atom. The van der Waals surface area contributed by atoms with E-state index in [2.05, 4.69) is 22.3 Å². The fourth-order valence-electron chi connectivity index (χ4n) is 4.89. The average Bonchev–Trinajstić information content (AvgIpc) is 3.81. The third kappa shape index (κ3) is 6.70. The number of nitrogens with two attached hydrogens (primary N) is 1. The zero-order valence-corrected chi connectivity index (χ0v) is 24.8. The number of benzene rings is 3. The van der Waals surface area contributed by atoms with E-state index in [-0.39, 0.29) is 11.9 Å². The number of urea groups is 1. The van der Waals surface area contributed by atoms with E-state index in [9.17, 15) is 9.59 Å². The lowest BCUT2D eigenvalue weighted by atomic mass is 10.2. The summed E-state index contributed by atoms with van der Waals surface area (Å²) in [6.07, 6.45) is 5.76. The molecule has 10 heteroatoms. The molecular weight excluding hydrogens is 544 g/mol. The summed E-state index contributed by atoms with van der Waals surface area (Å²) in [5.41, 5.74) is 8.72. The molecule has 3 amide bonds. The van der Waals surface area contributed by atoms with E-state index in [4.69, 9.17) is 15.2 Å². The van der Waals surface area contributed by atoms with Gasteiger partial charge in [0.25, 0.3) is 0 Å². The number of ether oxygens (including phenoxy) is 2. The van der Waals surface area contributed by atoms with Crippen LogP contribution in [0.2, 0.25) is 0 Å². The maximum Gasteiger partial charge on any atom is 0.339 e. The molecule has 5 rings (SSSR count). The Balaban J connectivity index is 1.41. The topological polar surface area (TPSA) is 113 Å². The van der Waals surface area contributed by atoms with Gasteiger partial charge >= 0.3 is 6.03 Å². The molecule has 3 aromatic rings. The summed E-state index contributed by atoms with van der Waals surface area (Å²) < 4.78 is 11.4. The number of amidine groups is 1. The molecule has 0 aromatic heterocycles. The number of carbonyl (C=O) groups excluding carboxylic acids is 2.